The van der Waals surface area contributed by atoms with Gasteiger partial charge in [-0.15, -0.1) is 11.3 Å². The number of para-hydroxylation sites is 2. The lowest BCUT2D eigenvalue weighted by atomic mass is 10.2. The van der Waals surface area contributed by atoms with E-state index in [1.54, 1.807) is 0 Å². The Labute approximate surface area is 171 Å². The SMILES string of the molecule is Cc1sc2ncn(CCC(=O)NCCCc3nc4ccccc4[nH]3)c(=O)c2c1C. The van der Waals surface area contributed by atoms with Crippen LogP contribution in [0.2, 0.25) is 0 Å². The highest BCUT2D eigenvalue weighted by Gasteiger charge is 2.12. The van der Waals surface area contributed by atoms with Crippen molar-refractivity contribution >= 4 is 38.5 Å². The number of H-pyrrole nitrogens is 1. The van der Waals surface area contributed by atoms with Gasteiger partial charge in [-0.1, -0.05) is 12.1 Å². The first-order valence-corrected chi connectivity index (χ1v) is 10.5. The number of hydrogen-bond donors (Lipinski definition) is 2. The smallest absolute Gasteiger partial charge is 0.262 e. The molecule has 0 aliphatic rings. The molecule has 3 heterocycles. The number of carbonyl (C=O) groups is 1. The quantitative estimate of drug-likeness (QED) is 0.459. The van der Waals surface area contributed by atoms with Crippen molar-refractivity contribution in [2.24, 2.45) is 0 Å². The van der Waals surface area contributed by atoms with Crippen molar-refractivity contribution in [1.82, 2.24) is 24.8 Å². The van der Waals surface area contributed by atoms with Crippen molar-refractivity contribution in [3.63, 3.8) is 0 Å². The Morgan fingerprint density at radius 3 is 2.93 bits per heavy atom. The van der Waals surface area contributed by atoms with Gasteiger partial charge in [-0.25, -0.2) is 9.97 Å². The normalized spacial score (nSPS) is 11.4. The van der Waals surface area contributed by atoms with Gasteiger partial charge in [0.05, 0.1) is 22.7 Å². The minimum Gasteiger partial charge on any atom is -0.356 e. The number of carbonyl (C=O) groups excluding carboxylic acids is 1. The minimum absolute atomic E-state index is 0.0696. The van der Waals surface area contributed by atoms with E-state index < -0.39 is 0 Å². The highest BCUT2D eigenvalue weighted by molar-refractivity contribution is 7.18. The fraction of sp³-hybridized carbons (Fsp3) is 0.333. The van der Waals surface area contributed by atoms with E-state index in [0.717, 1.165) is 45.0 Å². The summed E-state index contributed by atoms with van der Waals surface area (Å²) in [5.74, 6) is 0.854. The lowest BCUT2D eigenvalue weighted by molar-refractivity contribution is -0.121. The molecule has 29 heavy (non-hydrogen) atoms. The molecule has 4 rings (SSSR count). The van der Waals surface area contributed by atoms with E-state index in [1.165, 1.54) is 22.2 Å². The molecule has 0 aliphatic heterocycles. The molecule has 0 atom stereocenters. The van der Waals surface area contributed by atoms with Crippen molar-refractivity contribution in [1.29, 1.82) is 0 Å². The highest BCUT2D eigenvalue weighted by atomic mass is 32.1. The molecule has 1 aromatic carbocycles. The zero-order valence-corrected chi connectivity index (χ0v) is 17.3. The third kappa shape index (κ3) is 4.07. The van der Waals surface area contributed by atoms with Crippen molar-refractivity contribution in [3.05, 3.63) is 57.2 Å². The molecule has 3 aromatic heterocycles. The van der Waals surface area contributed by atoms with E-state index in [0.29, 0.717) is 18.5 Å². The Balaban J connectivity index is 1.27. The van der Waals surface area contributed by atoms with Gasteiger partial charge in [-0.3, -0.25) is 14.2 Å². The maximum Gasteiger partial charge on any atom is 0.262 e. The van der Waals surface area contributed by atoms with E-state index in [4.69, 9.17) is 0 Å². The van der Waals surface area contributed by atoms with Crippen molar-refractivity contribution in [2.75, 3.05) is 6.54 Å². The fourth-order valence-electron chi connectivity index (χ4n) is 3.35. The van der Waals surface area contributed by atoms with Gasteiger partial charge in [0.25, 0.3) is 5.56 Å². The van der Waals surface area contributed by atoms with Crippen molar-refractivity contribution in [3.8, 4) is 0 Å². The standard InChI is InChI=1S/C21H23N5O2S/c1-13-14(2)29-20-19(13)21(28)26(12-23-20)11-9-18(27)22-10-5-8-17-24-15-6-3-4-7-16(15)25-17/h3-4,6-7,12H,5,8-11H2,1-2H3,(H,22,27)(H,24,25). The molecule has 0 unspecified atom stereocenters. The fourth-order valence-corrected chi connectivity index (χ4v) is 4.33. The van der Waals surface area contributed by atoms with Gasteiger partial charge in [0.1, 0.15) is 10.7 Å². The lowest BCUT2D eigenvalue weighted by Crippen LogP contribution is -2.28. The number of amides is 1. The van der Waals surface area contributed by atoms with Crippen LogP contribution in [-0.4, -0.2) is 32.0 Å². The van der Waals surface area contributed by atoms with Crippen LogP contribution in [0.3, 0.4) is 0 Å². The number of benzene rings is 1. The zero-order valence-electron chi connectivity index (χ0n) is 16.5. The van der Waals surface area contributed by atoms with Gasteiger partial charge in [0.2, 0.25) is 5.91 Å². The van der Waals surface area contributed by atoms with Gasteiger partial charge in [-0.05, 0) is 38.0 Å². The molecule has 1 amide bonds. The number of rotatable bonds is 7. The molecular formula is C21H23N5O2S. The number of aromatic nitrogens is 4. The highest BCUT2D eigenvalue weighted by Crippen LogP contribution is 2.25. The number of aryl methyl sites for hydroxylation is 4. The average molecular weight is 410 g/mol. The van der Waals surface area contributed by atoms with Gasteiger partial charge in [-0.2, -0.15) is 0 Å². The summed E-state index contributed by atoms with van der Waals surface area (Å²) in [5.41, 5.74) is 2.89. The Bertz CT molecular complexity index is 1200. The number of hydrogen-bond acceptors (Lipinski definition) is 5. The molecule has 8 heteroatoms. The van der Waals surface area contributed by atoms with E-state index in [2.05, 4.69) is 20.3 Å². The number of fused-ring (bicyclic) bond motifs is 2. The maximum atomic E-state index is 12.7. The summed E-state index contributed by atoms with van der Waals surface area (Å²) in [4.78, 5) is 38.9. The van der Waals surface area contributed by atoms with E-state index >= 15 is 0 Å². The predicted octanol–water partition coefficient (Wildman–Crippen LogP) is 3.09. The summed E-state index contributed by atoms with van der Waals surface area (Å²) in [7, 11) is 0. The first-order valence-electron chi connectivity index (χ1n) is 9.68. The molecule has 7 nitrogen and oxygen atoms in total. The molecule has 0 spiro atoms. The van der Waals surface area contributed by atoms with E-state index in [-0.39, 0.29) is 17.9 Å². The number of thiophene rings is 1. The molecule has 2 N–H and O–H groups in total. The predicted molar refractivity (Wildman–Crippen MR) is 115 cm³/mol. The van der Waals surface area contributed by atoms with Crippen LogP contribution in [0, 0.1) is 13.8 Å². The molecular weight excluding hydrogens is 386 g/mol. The second-order valence-electron chi connectivity index (χ2n) is 7.11. The largest absolute Gasteiger partial charge is 0.356 e. The molecule has 0 radical (unpaired) electrons. The van der Waals surface area contributed by atoms with Crippen LogP contribution in [0.15, 0.2) is 35.4 Å². The monoisotopic (exact) mass is 409 g/mol. The summed E-state index contributed by atoms with van der Waals surface area (Å²) in [5, 5.41) is 3.58. The van der Waals surface area contributed by atoms with Crippen molar-refractivity contribution < 1.29 is 4.79 Å². The third-order valence-electron chi connectivity index (χ3n) is 5.09. The molecule has 0 fully saturated rings. The summed E-state index contributed by atoms with van der Waals surface area (Å²) in [6.45, 7) is 4.83. The Morgan fingerprint density at radius 2 is 2.10 bits per heavy atom. The van der Waals surface area contributed by atoms with Crippen LogP contribution in [0.5, 0.6) is 0 Å². The second kappa shape index (κ2) is 8.16. The Morgan fingerprint density at radius 1 is 1.28 bits per heavy atom. The first-order chi connectivity index (χ1) is 14.0. The molecule has 0 aliphatic carbocycles. The van der Waals surface area contributed by atoms with Gasteiger partial charge >= 0.3 is 0 Å². The summed E-state index contributed by atoms with van der Waals surface area (Å²) in [6.07, 6.45) is 3.35. The van der Waals surface area contributed by atoms with E-state index in [9.17, 15) is 9.59 Å². The number of nitrogens with zero attached hydrogens (tertiary/aromatic N) is 3. The Kier molecular flexibility index (Phi) is 5.44. The van der Waals surface area contributed by atoms with Crippen LogP contribution in [0.1, 0.15) is 29.1 Å². The molecule has 0 saturated carbocycles. The van der Waals surface area contributed by atoms with Gasteiger partial charge in [0.15, 0.2) is 0 Å². The molecule has 0 bridgehead atoms. The molecule has 150 valence electrons. The Hall–Kier alpha value is -3.00. The summed E-state index contributed by atoms with van der Waals surface area (Å²) in [6, 6.07) is 7.92. The second-order valence-corrected chi connectivity index (χ2v) is 8.31. The number of aromatic amines is 1. The molecule has 4 aromatic rings. The number of imidazole rings is 1. The topological polar surface area (TPSA) is 92.7 Å². The van der Waals surface area contributed by atoms with Gasteiger partial charge < -0.3 is 10.3 Å². The van der Waals surface area contributed by atoms with Crippen molar-refractivity contribution in [2.45, 2.75) is 39.7 Å². The van der Waals surface area contributed by atoms with Crippen LogP contribution in [0.4, 0.5) is 0 Å². The summed E-state index contributed by atoms with van der Waals surface area (Å²) >= 11 is 1.53. The van der Waals surface area contributed by atoms with Crippen LogP contribution < -0.4 is 10.9 Å². The van der Waals surface area contributed by atoms with Crippen LogP contribution in [0.25, 0.3) is 21.3 Å². The average Bonchev–Trinajstić information content (AvgIpc) is 3.25. The summed E-state index contributed by atoms with van der Waals surface area (Å²) < 4.78 is 1.52. The van der Waals surface area contributed by atoms with Gasteiger partial charge in [0, 0.05) is 30.8 Å². The number of nitrogens with one attached hydrogen (secondary N) is 2. The minimum atomic E-state index is -0.0745. The van der Waals surface area contributed by atoms with E-state index in [1.807, 2.05) is 38.1 Å². The molecule has 0 saturated heterocycles. The zero-order chi connectivity index (χ0) is 20.4. The van der Waals surface area contributed by atoms with Crippen LogP contribution >= 0.6 is 11.3 Å². The van der Waals surface area contributed by atoms with Crippen LogP contribution in [-0.2, 0) is 17.8 Å². The lowest BCUT2D eigenvalue weighted by Gasteiger charge is -2.07. The maximum absolute atomic E-state index is 12.7. The third-order valence-corrected chi connectivity index (χ3v) is 6.20. The first kappa shape index (κ1) is 19.3.